The van der Waals surface area contributed by atoms with E-state index in [4.69, 9.17) is 15.8 Å². The van der Waals surface area contributed by atoms with Gasteiger partial charge in [0.25, 0.3) is 27.4 Å². The van der Waals surface area contributed by atoms with Crippen LogP contribution >= 0.6 is 11.6 Å². The molecule has 268 valence electrons. The third-order valence-electron chi connectivity index (χ3n) is 8.21. The van der Waals surface area contributed by atoms with Gasteiger partial charge in [-0.2, -0.15) is 12.7 Å². The Morgan fingerprint density at radius 1 is 0.882 bits per heavy atom. The van der Waals surface area contributed by atoms with Crippen LogP contribution in [0.4, 0.5) is 22.7 Å². The number of para-hydroxylation sites is 1. The van der Waals surface area contributed by atoms with E-state index in [9.17, 15) is 41.9 Å². The van der Waals surface area contributed by atoms with Gasteiger partial charge in [0.05, 0.1) is 36.8 Å². The molecule has 1 atom stereocenters. The largest absolute Gasteiger partial charge is 0.371 e. The van der Waals surface area contributed by atoms with Gasteiger partial charge in [0.1, 0.15) is 0 Å². The Labute approximate surface area is 298 Å². The molecule has 1 unspecified atom stereocenters. The van der Waals surface area contributed by atoms with Crippen LogP contribution in [0.5, 0.6) is 0 Å². The minimum atomic E-state index is -4.49. The molecule has 18 heteroatoms. The fourth-order valence-electron chi connectivity index (χ4n) is 5.42. The number of rotatable bonds is 14. The van der Waals surface area contributed by atoms with Crippen LogP contribution in [0.15, 0.2) is 101 Å². The lowest BCUT2D eigenvalue weighted by atomic mass is 10.1. The van der Waals surface area contributed by atoms with E-state index in [0.717, 1.165) is 84.5 Å². The van der Waals surface area contributed by atoms with Crippen molar-refractivity contribution in [2.24, 2.45) is 0 Å². The summed E-state index contributed by atoms with van der Waals surface area (Å²) >= 11 is 6.52. The summed E-state index contributed by atoms with van der Waals surface area (Å²) in [5.41, 5.74) is 0.987. The van der Waals surface area contributed by atoms with Crippen molar-refractivity contribution in [1.29, 1.82) is 0 Å². The molecule has 51 heavy (non-hydrogen) atoms. The lowest BCUT2D eigenvalue weighted by molar-refractivity contribution is -0.385. The molecule has 4 aromatic carbocycles. The second-order valence-electron chi connectivity index (χ2n) is 11.6. The van der Waals surface area contributed by atoms with Crippen LogP contribution in [0, 0.1) is 20.2 Å². The molecule has 4 aromatic rings. The number of benzene rings is 4. The molecule has 0 spiro atoms. The number of halogens is 1. The van der Waals surface area contributed by atoms with E-state index in [-0.39, 0.29) is 44.0 Å². The van der Waals surface area contributed by atoms with Crippen molar-refractivity contribution >= 4 is 60.4 Å². The van der Waals surface area contributed by atoms with Gasteiger partial charge >= 0.3 is 0 Å². The topological polar surface area (TPSA) is 199 Å². The maximum absolute atomic E-state index is 14.1. The highest BCUT2D eigenvalue weighted by Gasteiger charge is 2.32. The van der Waals surface area contributed by atoms with E-state index in [2.05, 4.69) is 10.2 Å². The molecule has 0 aliphatic carbocycles. The Morgan fingerprint density at radius 3 is 2.02 bits per heavy atom. The van der Waals surface area contributed by atoms with Crippen LogP contribution in [0.25, 0.3) is 0 Å². The van der Waals surface area contributed by atoms with E-state index in [1.807, 2.05) is 6.07 Å². The van der Waals surface area contributed by atoms with Crippen LogP contribution in [0.1, 0.15) is 35.7 Å². The standard InChI is InChI=1S/C33H32ClN5O10S2/c1-23(22-49-51(47,48)29-15-10-26(11-16-29)39(43)44)37(50(45,46)28-13-8-25(9-14-28)38(41)42)21-24-6-2-3-7-32(24)35-33(40)30-17-12-27(20-31(30)34)36-18-4-5-19-36/h2-3,6-17,20,23H,4-5,18-19,21-22H2,1H3,(H,35,40). The van der Waals surface area contributed by atoms with Gasteiger partial charge in [-0.05, 0) is 73.9 Å². The van der Waals surface area contributed by atoms with Crippen molar-refractivity contribution in [2.75, 3.05) is 29.9 Å². The van der Waals surface area contributed by atoms with Gasteiger partial charge in [0.15, 0.2) is 0 Å². The Kier molecular flexibility index (Phi) is 11.4. The zero-order valence-corrected chi connectivity index (χ0v) is 29.4. The maximum Gasteiger partial charge on any atom is 0.297 e. The number of carbonyl (C=O) groups excluding carboxylic acids is 1. The molecule has 1 saturated heterocycles. The average molecular weight is 758 g/mol. The minimum absolute atomic E-state index is 0.197. The van der Waals surface area contributed by atoms with Gasteiger partial charge in [-0.15, -0.1) is 0 Å². The molecule has 5 rings (SSSR count). The first kappa shape index (κ1) is 37.3. The highest BCUT2D eigenvalue weighted by Crippen LogP contribution is 2.30. The summed E-state index contributed by atoms with van der Waals surface area (Å²) in [6, 6.07) is 18.5. The average Bonchev–Trinajstić information content (AvgIpc) is 3.65. The Balaban J connectivity index is 1.42. The van der Waals surface area contributed by atoms with Gasteiger partial charge in [0.2, 0.25) is 10.0 Å². The Morgan fingerprint density at radius 2 is 1.45 bits per heavy atom. The number of non-ortho nitro benzene ring substituents is 2. The molecule has 0 radical (unpaired) electrons. The van der Waals surface area contributed by atoms with Crippen LogP contribution in [0.2, 0.25) is 5.02 Å². The molecule has 1 heterocycles. The summed E-state index contributed by atoms with van der Waals surface area (Å²) in [5, 5.41) is 25.2. The van der Waals surface area contributed by atoms with E-state index in [1.54, 1.807) is 36.4 Å². The number of carbonyl (C=O) groups is 1. The number of nitro benzene ring substituents is 2. The molecular weight excluding hydrogens is 726 g/mol. The van der Waals surface area contributed by atoms with Crippen molar-refractivity contribution in [3.63, 3.8) is 0 Å². The van der Waals surface area contributed by atoms with E-state index in [0.29, 0.717) is 5.56 Å². The third kappa shape index (κ3) is 8.69. The molecule has 1 N–H and O–H groups in total. The summed E-state index contributed by atoms with van der Waals surface area (Å²) in [5.74, 6) is -0.546. The smallest absolute Gasteiger partial charge is 0.297 e. The number of nitrogens with zero attached hydrogens (tertiary/aromatic N) is 4. The highest BCUT2D eigenvalue weighted by molar-refractivity contribution is 7.89. The normalized spacial score (nSPS) is 14.0. The van der Waals surface area contributed by atoms with E-state index < -0.39 is 48.5 Å². The first-order valence-corrected chi connectivity index (χ1v) is 18.7. The number of hydrogen-bond acceptors (Lipinski definition) is 11. The summed E-state index contributed by atoms with van der Waals surface area (Å²) in [4.78, 5) is 35.7. The van der Waals surface area contributed by atoms with Crippen molar-refractivity contribution in [1.82, 2.24) is 4.31 Å². The summed E-state index contributed by atoms with van der Waals surface area (Å²) in [6.07, 6.45) is 2.13. The molecule has 1 aliphatic heterocycles. The van der Waals surface area contributed by atoms with Gasteiger partial charge in [-0.3, -0.25) is 29.2 Å². The van der Waals surface area contributed by atoms with Gasteiger partial charge in [0, 0.05) is 61.3 Å². The van der Waals surface area contributed by atoms with Crippen molar-refractivity contribution < 1.29 is 35.7 Å². The van der Waals surface area contributed by atoms with E-state index >= 15 is 0 Å². The fourth-order valence-corrected chi connectivity index (χ4v) is 8.26. The van der Waals surface area contributed by atoms with E-state index in [1.165, 1.54) is 6.92 Å². The highest BCUT2D eigenvalue weighted by atomic mass is 35.5. The Bertz CT molecular complexity index is 2160. The predicted octanol–water partition coefficient (Wildman–Crippen LogP) is 5.99. The summed E-state index contributed by atoms with van der Waals surface area (Å²) in [6.45, 7) is 2.11. The SMILES string of the molecule is CC(COS(=O)(=O)c1ccc([N+](=O)[O-])cc1)N(Cc1ccccc1NC(=O)c1ccc(N2CCCC2)cc1Cl)S(=O)(=O)c1ccc([N+](=O)[O-])cc1. The summed E-state index contributed by atoms with van der Waals surface area (Å²) in [7, 11) is -8.97. The number of anilines is 2. The van der Waals surface area contributed by atoms with Crippen LogP contribution in [-0.2, 0) is 30.9 Å². The number of nitrogens with one attached hydrogen (secondary N) is 1. The molecule has 0 bridgehead atoms. The third-order valence-corrected chi connectivity index (χ3v) is 11.8. The van der Waals surface area contributed by atoms with Gasteiger partial charge in [-0.1, -0.05) is 29.8 Å². The number of amides is 1. The minimum Gasteiger partial charge on any atom is -0.371 e. The zero-order valence-electron chi connectivity index (χ0n) is 27.0. The van der Waals surface area contributed by atoms with Crippen LogP contribution in [0.3, 0.4) is 0 Å². The first-order chi connectivity index (χ1) is 24.2. The monoisotopic (exact) mass is 757 g/mol. The molecule has 0 aromatic heterocycles. The second-order valence-corrected chi connectivity index (χ2v) is 15.5. The molecule has 1 fully saturated rings. The predicted molar refractivity (Wildman–Crippen MR) is 189 cm³/mol. The first-order valence-electron chi connectivity index (χ1n) is 15.5. The maximum atomic E-state index is 14.1. The molecule has 15 nitrogen and oxygen atoms in total. The number of nitro groups is 2. The van der Waals surface area contributed by atoms with Crippen molar-refractivity contribution in [2.45, 2.75) is 42.1 Å². The Hall–Kier alpha value is -4.94. The second kappa shape index (κ2) is 15.5. The fraction of sp³-hybridized carbons (Fsp3) is 0.242. The quantitative estimate of drug-likeness (QED) is 0.0900. The van der Waals surface area contributed by atoms with Crippen molar-refractivity contribution in [3.05, 3.63) is 127 Å². The molecule has 1 amide bonds. The molecular formula is C33H32ClN5O10S2. The number of hydrogen-bond donors (Lipinski definition) is 1. The van der Waals surface area contributed by atoms with Crippen LogP contribution < -0.4 is 10.2 Å². The number of sulfonamides is 1. The summed E-state index contributed by atoms with van der Waals surface area (Å²) < 4.78 is 60.2. The molecule has 0 saturated carbocycles. The van der Waals surface area contributed by atoms with Gasteiger partial charge in [-0.25, -0.2) is 8.42 Å². The lowest BCUT2D eigenvalue weighted by Crippen LogP contribution is -2.41. The lowest BCUT2D eigenvalue weighted by Gasteiger charge is -2.29. The van der Waals surface area contributed by atoms with Crippen molar-refractivity contribution in [3.8, 4) is 0 Å². The molecule has 1 aliphatic rings. The zero-order chi connectivity index (χ0) is 36.9. The van der Waals surface area contributed by atoms with Crippen LogP contribution in [-0.4, -0.2) is 62.6 Å². The van der Waals surface area contributed by atoms with Gasteiger partial charge < -0.3 is 10.2 Å².